The third-order valence-electron chi connectivity index (χ3n) is 6.77. The summed E-state index contributed by atoms with van der Waals surface area (Å²) in [5, 5.41) is 4.47. The van der Waals surface area contributed by atoms with Crippen molar-refractivity contribution in [1.29, 1.82) is 0 Å². The second-order valence-electron chi connectivity index (χ2n) is 8.87. The van der Waals surface area contributed by atoms with E-state index in [1.54, 1.807) is 39.1 Å². The quantitative estimate of drug-likeness (QED) is 0.415. The Morgan fingerprint density at radius 2 is 1.37 bits per heavy atom. The van der Waals surface area contributed by atoms with Crippen LogP contribution in [0.15, 0.2) is 59.6 Å². The van der Waals surface area contributed by atoms with Gasteiger partial charge in [0.15, 0.2) is 5.03 Å². The van der Waals surface area contributed by atoms with Crippen LogP contribution < -0.4 is 9.47 Å². The van der Waals surface area contributed by atoms with Gasteiger partial charge < -0.3 is 14.2 Å². The van der Waals surface area contributed by atoms with Gasteiger partial charge in [-0.3, -0.25) is 4.68 Å². The van der Waals surface area contributed by atoms with Crippen LogP contribution in [0.4, 0.5) is 0 Å². The molecule has 0 saturated heterocycles. The summed E-state index contributed by atoms with van der Waals surface area (Å²) in [5.74, 6) is 1.43. The van der Waals surface area contributed by atoms with Gasteiger partial charge >= 0.3 is 0 Å². The minimum Gasteiger partial charge on any atom is -0.497 e. The summed E-state index contributed by atoms with van der Waals surface area (Å²) in [4.78, 5) is 0. The van der Waals surface area contributed by atoms with E-state index in [4.69, 9.17) is 14.2 Å². The molecule has 3 aromatic rings. The second-order valence-corrected chi connectivity index (χ2v) is 10.8. The van der Waals surface area contributed by atoms with Crippen LogP contribution in [0.1, 0.15) is 42.5 Å². The fourth-order valence-electron chi connectivity index (χ4n) is 4.73. The van der Waals surface area contributed by atoms with E-state index in [0.717, 1.165) is 42.5 Å². The van der Waals surface area contributed by atoms with Crippen molar-refractivity contribution in [2.45, 2.75) is 49.4 Å². The average Bonchev–Trinajstić information content (AvgIpc) is 3.52. The molecular weight excluding hydrogens is 466 g/mol. The number of ether oxygens (including phenoxy) is 3. The molecule has 0 N–H and O–H groups in total. The van der Waals surface area contributed by atoms with Crippen molar-refractivity contribution in [1.82, 2.24) is 14.1 Å². The maximum absolute atomic E-state index is 13.9. The van der Waals surface area contributed by atoms with E-state index >= 15 is 0 Å². The number of sulfonamides is 1. The number of hydrogen-bond donors (Lipinski definition) is 0. The van der Waals surface area contributed by atoms with E-state index in [-0.39, 0.29) is 18.1 Å². The number of hydrogen-bond acceptors (Lipinski definition) is 6. The number of benzene rings is 2. The van der Waals surface area contributed by atoms with Crippen molar-refractivity contribution >= 4 is 10.0 Å². The maximum Gasteiger partial charge on any atom is 0.263 e. The fourth-order valence-corrected chi connectivity index (χ4v) is 6.12. The minimum absolute atomic E-state index is 0.0281. The number of aromatic nitrogens is 2. The van der Waals surface area contributed by atoms with Crippen LogP contribution >= 0.6 is 0 Å². The Bertz CT molecular complexity index is 1180. The van der Waals surface area contributed by atoms with E-state index in [0.29, 0.717) is 11.5 Å². The first-order valence-corrected chi connectivity index (χ1v) is 13.1. The van der Waals surface area contributed by atoms with Crippen LogP contribution in [0.3, 0.4) is 0 Å². The van der Waals surface area contributed by atoms with Crippen molar-refractivity contribution in [3.05, 3.63) is 71.4 Å². The highest BCUT2D eigenvalue weighted by Gasteiger charge is 2.40. The highest BCUT2D eigenvalue weighted by atomic mass is 32.2. The summed E-state index contributed by atoms with van der Waals surface area (Å²) in [6.45, 7) is 0.388. The maximum atomic E-state index is 13.9. The summed E-state index contributed by atoms with van der Waals surface area (Å²) in [5.41, 5.74) is 2.00. The van der Waals surface area contributed by atoms with Gasteiger partial charge in [-0.15, -0.1) is 0 Å². The first kappa shape index (κ1) is 25.2. The number of methoxy groups -OCH3 is 3. The molecule has 0 bridgehead atoms. The Kier molecular flexibility index (Phi) is 7.49. The molecule has 0 unspecified atom stereocenters. The van der Waals surface area contributed by atoms with E-state index in [1.807, 2.05) is 48.5 Å². The molecule has 1 aliphatic rings. The summed E-state index contributed by atoms with van der Waals surface area (Å²) < 4.78 is 47.3. The van der Waals surface area contributed by atoms with Gasteiger partial charge in [-0.1, -0.05) is 37.1 Å². The third-order valence-corrected chi connectivity index (χ3v) is 8.43. The summed E-state index contributed by atoms with van der Waals surface area (Å²) in [6.07, 6.45) is 3.79. The SMILES string of the molecule is COc1ccc(CN(Cc2ccc(OC)cc2)S(=O)(=O)c2cc(C3(OC)CCCC3)n(C)n2)cc1. The monoisotopic (exact) mass is 499 g/mol. The van der Waals surface area contributed by atoms with Crippen molar-refractivity contribution in [3.63, 3.8) is 0 Å². The van der Waals surface area contributed by atoms with Gasteiger partial charge in [0.05, 0.1) is 19.9 Å². The lowest BCUT2D eigenvalue weighted by Gasteiger charge is -2.27. The summed E-state index contributed by atoms with van der Waals surface area (Å²) in [7, 11) is 2.76. The van der Waals surface area contributed by atoms with Crippen LogP contribution in [0, 0.1) is 0 Å². The van der Waals surface area contributed by atoms with Gasteiger partial charge in [0.1, 0.15) is 17.1 Å². The molecule has 0 amide bonds. The molecule has 1 aromatic heterocycles. The zero-order valence-corrected chi connectivity index (χ0v) is 21.5. The average molecular weight is 500 g/mol. The van der Waals surface area contributed by atoms with Gasteiger partial charge in [0.25, 0.3) is 10.0 Å². The van der Waals surface area contributed by atoms with Crippen molar-refractivity contribution in [2.24, 2.45) is 7.05 Å². The molecule has 0 radical (unpaired) electrons. The molecule has 8 nitrogen and oxygen atoms in total. The standard InChI is InChI=1S/C26H33N3O5S/c1-28-24(26(34-4)15-5-6-16-26)17-25(27-28)35(30,31)29(18-20-7-11-22(32-2)12-8-20)19-21-9-13-23(33-3)14-10-21/h7-14,17H,5-6,15-16,18-19H2,1-4H3. The minimum atomic E-state index is -3.91. The van der Waals surface area contributed by atoms with Gasteiger partial charge in [-0.25, -0.2) is 8.42 Å². The molecule has 9 heteroatoms. The Labute approximate surface area is 207 Å². The Hall–Kier alpha value is -2.88. The van der Waals surface area contributed by atoms with Crippen LogP contribution in [0.5, 0.6) is 11.5 Å². The van der Waals surface area contributed by atoms with Crippen molar-refractivity contribution < 1.29 is 22.6 Å². The topological polar surface area (TPSA) is 82.9 Å². The molecule has 0 aliphatic heterocycles. The molecule has 1 heterocycles. The molecule has 0 spiro atoms. The van der Waals surface area contributed by atoms with Crippen LogP contribution in [0.25, 0.3) is 0 Å². The van der Waals surface area contributed by atoms with E-state index in [1.165, 1.54) is 4.31 Å². The molecule has 4 rings (SSSR count). The van der Waals surface area contributed by atoms with Gasteiger partial charge in [-0.2, -0.15) is 9.40 Å². The largest absolute Gasteiger partial charge is 0.497 e. The smallest absolute Gasteiger partial charge is 0.263 e. The van der Waals surface area contributed by atoms with E-state index < -0.39 is 15.6 Å². The predicted octanol–water partition coefficient (Wildman–Crippen LogP) is 4.24. The number of rotatable bonds is 10. The molecule has 35 heavy (non-hydrogen) atoms. The Morgan fingerprint density at radius 1 is 0.886 bits per heavy atom. The van der Waals surface area contributed by atoms with Crippen LogP contribution in [-0.2, 0) is 40.5 Å². The lowest BCUT2D eigenvalue weighted by Crippen LogP contribution is -2.30. The predicted molar refractivity (Wildman–Crippen MR) is 133 cm³/mol. The van der Waals surface area contributed by atoms with Crippen LogP contribution in [-0.4, -0.2) is 43.8 Å². The molecule has 1 aliphatic carbocycles. The van der Waals surface area contributed by atoms with Gasteiger partial charge in [0, 0.05) is 33.3 Å². The molecular formula is C26H33N3O5S. The van der Waals surface area contributed by atoms with Gasteiger partial charge in [-0.05, 0) is 48.2 Å². The summed E-state index contributed by atoms with van der Waals surface area (Å²) in [6, 6.07) is 16.5. The van der Waals surface area contributed by atoms with E-state index in [9.17, 15) is 8.42 Å². The normalized spacial score (nSPS) is 15.5. The first-order chi connectivity index (χ1) is 16.8. The molecule has 0 atom stereocenters. The first-order valence-electron chi connectivity index (χ1n) is 11.7. The zero-order valence-electron chi connectivity index (χ0n) is 20.7. The second kappa shape index (κ2) is 10.4. The molecule has 2 aromatic carbocycles. The fraction of sp³-hybridized carbons (Fsp3) is 0.423. The Balaban J connectivity index is 1.69. The van der Waals surface area contributed by atoms with Gasteiger partial charge in [0.2, 0.25) is 0 Å². The lowest BCUT2D eigenvalue weighted by molar-refractivity contribution is -0.0153. The highest BCUT2D eigenvalue weighted by Crippen LogP contribution is 2.42. The van der Waals surface area contributed by atoms with Crippen molar-refractivity contribution in [3.8, 4) is 11.5 Å². The molecule has 1 saturated carbocycles. The van der Waals surface area contributed by atoms with E-state index in [2.05, 4.69) is 5.10 Å². The number of aryl methyl sites for hydroxylation is 1. The Morgan fingerprint density at radius 3 is 1.80 bits per heavy atom. The molecule has 1 fully saturated rings. The zero-order chi connectivity index (χ0) is 25.1. The van der Waals surface area contributed by atoms with Crippen LogP contribution in [0.2, 0.25) is 0 Å². The highest BCUT2D eigenvalue weighted by molar-refractivity contribution is 7.89. The van der Waals surface area contributed by atoms with Crippen molar-refractivity contribution in [2.75, 3.05) is 21.3 Å². The lowest BCUT2D eigenvalue weighted by atomic mass is 9.97. The molecule has 188 valence electrons. The number of nitrogens with zero attached hydrogens (tertiary/aromatic N) is 3. The third kappa shape index (κ3) is 5.22. The summed E-state index contributed by atoms with van der Waals surface area (Å²) >= 11 is 0.